The Morgan fingerprint density at radius 2 is 2.21 bits per heavy atom. The van der Waals surface area contributed by atoms with E-state index in [4.69, 9.17) is 4.74 Å². The molecule has 0 aliphatic carbocycles. The summed E-state index contributed by atoms with van der Waals surface area (Å²) in [5.41, 5.74) is 2.22. The summed E-state index contributed by atoms with van der Waals surface area (Å²) >= 11 is 0. The van der Waals surface area contributed by atoms with Crippen molar-refractivity contribution in [1.29, 1.82) is 0 Å². The second-order valence-electron chi connectivity index (χ2n) is 3.83. The topological polar surface area (TPSA) is 39.1 Å². The molecule has 0 spiro atoms. The minimum Gasteiger partial charge on any atom is -0.381 e. The molecule has 2 rings (SSSR count). The average Bonchev–Trinajstić information content (AvgIpc) is 2.47. The fraction of sp³-hybridized carbons (Fsp3) is 0.700. The first-order valence-electron chi connectivity index (χ1n) is 5.10. The summed E-state index contributed by atoms with van der Waals surface area (Å²) < 4.78 is 7.16. The molecule has 1 N–H and O–H groups in total. The van der Waals surface area contributed by atoms with Gasteiger partial charge in [0.15, 0.2) is 0 Å². The van der Waals surface area contributed by atoms with Crippen molar-refractivity contribution in [3.05, 3.63) is 11.9 Å². The maximum absolute atomic E-state index is 5.31. The van der Waals surface area contributed by atoms with Crippen molar-refractivity contribution in [2.75, 3.05) is 18.5 Å². The monoisotopic (exact) mass is 195 g/mol. The molecule has 14 heavy (non-hydrogen) atoms. The molecule has 0 bridgehead atoms. The molecular formula is C10H17N3O. The van der Waals surface area contributed by atoms with E-state index < -0.39 is 0 Å². The zero-order chi connectivity index (χ0) is 9.97. The van der Waals surface area contributed by atoms with Crippen LogP contribution in [0.3, 0.4) is 0 Å². The molecule has 0 radical (unpaired) electrons. The van der Waals surface area contributed by atoms with Gasteiger partial charge in [0, 0.05) is 32.5 Å². The molecule has 78 valence electrons. The highest BCUT2D eigenvalue weighted by Crippen LogP contribution is 2.17. The van der Waals surface area contributed by atoms with Crippen LogP contribution < -0.4 is 5.32 Å². The van der Waals surface area contributed by atoms with Crippen molar-refractivity contribution in [1.82, 2.24) is 9.78 Å². The highest BCUT2D eigenvalue weighted by atomic mass is 16.5. The van der Waals surface area contributed by atoms with Crippen LogP contribution in [0.25, 0.3) is 0 Å². The van der Waals surface area contributed by atoms with Crippen LogP contribution in [0.5, 0.6) is 0 Å². The van der Waals surface area contributed by atoms with Crippen molar-refractivity contribution < 1.29 is 4.74 Å². The van der Waals surface area contributed by atoms with Gasteiger partial charge in [0.05, 0.1) is 11.4 Å². The van der Waals surface area contributed by atoms with Gasteiger partial charge in [0.2, 0.25) is 0 Å². The SMILES string of the molecule is Cc1nn(C)cc1NC1CCOCC1. The van der Waals surface area contributed by atoms with Gasteiger partial charge in [-0.1, -0.05) is 0 Å². The molecule has 0 unspecified atom stereocenters. The van der Waals surface area contributed by atoms with Crippen LogP contribution in [0.2, 0.25) is 0 Å². The van der Waals surface area contributed by atoms with Crippen LogP contribution in [0.1, 0.15) is 18.5 Å². The molecule has 1 aliphatic heterocycles. The van der Waals surface area contributed by atoms with Crippen molar-refractivity contribution in [3.8, 4) is 0 Å². The molecular weight excluding hydrogens is 178 g/mol. The van der Waals surface area contributed by atoms with Gasteiger partial charge in [0.1, 0.15) is 0 Å². The van der Waals surface area contributed by atoms with Gasteiger partial charge >= 0.3 is 0 Å². The van der Waals surface area contributed by atoms with E-state index in [1.54, 1.807) is 0 Å². The molecule has 4 heteroatoms. The summed E-state index contributed by atoms with van der Waals surface area (Å²) in [5.74, 6) is 0. The summed E-state index contributed by atoms with van der Waals surface area (Å²) in [6.07, 6.45) is 4.22. The van der Waals surface area contributed by atoms with Crippen molar-refractivity contribution in [2.24, 2.45) is 7.05 Å². The van der Waals surface area contributed by atoms with Crippen molar-refractivity contribution in [2.45, 2.75) is 25.8 Å². The second kappa shape index (κ2) is 4.00. The molecule has 0 atom stereocenters. The van der Waals surface area contributed by atoms with Gasteiger partial charge < -0.3 is 10.1 Å². The lowest BCUT2D eigenvalue weighted by Gasteiger charge is -2.23. The largest absolute Gasteiger partial charge is 0.381 e. The Hall–Kier alpha value is -1.03. The smallest absolute Gasteiger partial charge is 0.0825 e. The highest BCUT2D eigenvalue weighted by Gasteiger charge is 2.14. The molecule has 1 aromatic rings. The number of ether oxygens (including phenoxy) is 1. The van der Waals surface area contributed by atoms with Gasteiger partial charge in [0.25, 0.3) is 0 Å². The van der Waals surface area contributed by atoms with Crippen LogP contribution in [0.4, 0.5) is 5.69 Å². The number of nitrogens with one attached hydrogen (secondary N) is 1. The number of anilines is 1. The molecule has 2 heterocycles. The van der Waals surface area contributed by atoms with E-state index in [-0.39, 0.29) is 0 Å². The number of aromatic nitrogens is 2. The number of rotatable bonds is 2. The normalized spacial score (nSPS) is 18.4. The molecule has 4 nitrogen and oxygen atoms in total. The Balaban J connectivity index is 1.98. The first-order valence-corrected chi connectivity index (χ1v) is 5.10. The van der Waals surface area contributed by atoms with Gasteiger partial charge in [-0.3, -0.25) is 4.68 Å². The fourth-order valence-corrected chi connectivity index (χ4v) is 1.80. The number of aryl methyl sites for hydroxylation is 2. The summed E-state index contributed by atoms with van der Waals surface area (Å²) in [5, 5.41) is 7.81. The van der Waals surface area contributed by atoms with E-state index in [1.807, 2.05) is 24.9 Å². The predicted octanol–water partition coefficient (Wildman–Crippen LogP) is 1.32. The van der Waals surface area contributed by atoms with E-state index in [9.17, 15) is 0 Å². The fourth-order valence-electron chi connectivity index (χ4n) is 1.80. The van der Waals surface area contributed by atoms with Gasteiger partial charge in [-0.2, -0.15) is 5.10 Å². The minimum atomic E-state index is 0.548. The summed E-state index contributed by atoms with van der Waals surface area (Å²) in [6.45, 7) is 3.77. The van der Waals surface area contributed by atoms with Crippen LogP contribution >= 0.6 is 0 Å². The summed E-state index contributed by atoms with van der Waals surface area (Å²) in [7, 11) is 1.95. The zero-order valence-electron chi connectivity index (χ0n) is 8.79. The van der Waals surface area contributed by atoms with Crippen LogP contribution in [-0.4, -0.2) is 29.0 Å². The van der Waals surface area contributed by atoms with Crippen molar-refractivity contribution in [3.63, 3.8) is 0 Å². The molecule has 0 saturated carbocycles. The highest BCUT2D eigenvalue weighted by molar-refractivity contribution is 5.46. The Labute approximate surface area is 84.3 Å². The molecule has 1 aromatic heterocycles. The zero-order valence-corrected chi connectivity index (χ0v) is 8.79. The van der Waals surface area contributed by atoms with Crippen molar-refractivity contribution >= 4 is 5.69 Å². The Morgan fingerprint density at radius 3 is 2.79 bits per heavy atom. The standard InChI is InChI=1S/C10H17N3O/c1-8-10(7-13(2)12-8)11-9-3-5-14-6-4-9/h7,9,11H,3-6H2,1-2H3. The van der Waals surface area contributed by atoms with Gasteiger partial charge in [-0.25, -0.2) is 0 Å². The summed E-state index contributed by atoms with van der Waals surface area (Å²) in [4.78, 5) is 0. The molecule has 1 saturated heterocycles. The van der Waals surface area contributed by atoms with E-state index in [0.717, 1.165) is 37.4 Å². The summed E-state index contributed by atoms with van der Waals surface area (Å²) in [6, 6.07) is 0.548. The molecule has 1 aliphatic rings. The Bertz CT molecular complexity index is 302. The van der Waals surface area contributed by atoms with Gasteiger partial charge in [-0.15, -0.1) is 0 Å². The first kappa shape index (κ1) is 9.52. The van der Waals surface area contributed by atoms with Crippen LogP contribution in [0.15, 0.2) is 6.20 Å². The maximum atomic E-state index is 5.31. The quantitative estimate of drug-likeness (QED) is 0.773. The predicted molar refractivity (Wildman–Crippen MR) is 55.4 cm³/mol. The van der Waals surface area contributed by atoms with E-state index in [1.165, 1.54) is 0 Å². The first-order chi connectivity index (χ1) is 6.75. The number of hydrogen-bond donors (Lipinski definition) is 1. The Kier molecular flexibility index (Phi) is 2.72. The van der Waals surface area contributed by atoms with Crippen LogP contribution in [-0.2, 0) is 11.8 Å². The molecule has 0 amide bonds. The lowest BCUT2D eigenvalue weighted by atomic mass is 10.1. The lowest BCUT2D eigenvalue weighted by molar-refractivity contribution is 0.0904. The third-order valence-corrected chi connectivity index (χ3v) is 2.59. The third-order valence-electron chi connectivity index (χ3n) is 2.59. The molecule has 0 aromatic carbocycles. The maximum Gasteiger partial charge on any atom is 0.0825 e. The van der Waals surface area contributed by atoms with Crippen LogP contribution in [0, 0.1) is 6.92 Å². The minimum absolute atomic E-state index is 0.548. The molecule has 1 fully saturated rings. The number of nitrogens with zero attached hydrogens (tertiary/aromatic N) is 2. The van der Waals surface area contributed by atoms with E-state index in [2.05, 4.69) is 10.4 Å². The third kappa shape index (κ3) is 2.07. The van der Waals surface area contributed by atoms with E-state index in [0.29, 0.717) is 6.04 Å². The second-order valence-corrected chi connectivity index (χ2v) is 3.83. The Morgan fingerprint density at radius 1 is 1.50 bits per heavy atom. The lowest BCUT2D eigenvalue weighted by Crippen LogP contribution is -2.27. The number of hydrogen-bond acceptors (Lipinski definition) is 3. The van der Waals surface area contributed by atoms with E-state index >= 15 is 0 Å². The average molecular weight is 195 g/mol. The van der Waals surface area contributed by atoms with Gasteiger partial charge in [-0.05, 0) is 19.8 Å².